The van der Waals surface area contributed by atoms with Gasteiger partial charge in [-0.15, -0.1) is 0 Å². The summed E-state index contributed by atoms with van der Waals surface area (Å²) in [5, 5.41) is 5.37. The van der Waals surface area contributed by atoms with Crippen molar-refractivity contribution >= 4 is 34.7 Å². The number of alkyl halides is 3. The summed E-state index contributed by atoms with van der Waals surface area (Å²) in [5.74, 6) is -0.291. The van der Waals surface area contributed by atoms with Crippen molar-refractivity contribution in [1.29, 1.82) is 0 Å². The van der Waals surface area contributed by atoms with Gasteiger partial charge in [0.2, 0.25) is 5.95 Å². The van der Waals surface area contributed by atoms with E-state index < -0.39 is 17.6 Å². The van der Waals surface area contributed by atoms with Crippen molar-refractivity contribution in [2.75, 3.05) is 10.6 Å². The minimum Gasteiger partial charge on any atom is -0.340 e. The van der Waals surface area contributed by atoms with Crippen LogP contribution in [0.4, 0.5) is 40.7 Å². The fourth-order valence-electron chi connectivity index (χ4n) is 2.17. The van der Waals surface area contributed by atoms with Crippen molar-refractivity contribution in [1.82, 2.24) is 9.97 Å². The Kier molecular flexibility index (Phi) is 4.94. The van der Waals surface area contributed by atoms with Crippen LogP contribution in [0, 0.1) is 5.82 Å². The monoisotopic (exact) mass is 382 g/mol. The van der Waals surface area contributed by atoms with Gasteiger partial charge in [0, 0.05) is 11.9 Å². The molecule has 0 bridgehead atoms. The van der Waals surface area contributed by atoms with Crippen molar-refractivity contribution in [3.05, 3.63) is 71.1 Å². The van der Waals surface area contributed by atoms with E-state index in [4.69, 9.17) is 11.6 Å². The molecule has 26 heavy (non-hydrogen) atoms. The number of para-hydroxylation sites is 1. The zero-order valence-corrected chi connectivity index (χ0v) is 13.7. The molecule has 1 heterocycles. The van der Waals surface area contributed by atoms with Gasteiger partial charge in [0.05, 0.1) is 16.3 Å². The maximum atomic E-state index is 13.2. The molecule has 0 saturated carbocycles. The molecule has 0 amide bonds. The summed E-state index contributed by atoms with van der Waals surface area (Å²) in [4.78, 5) is 8.02. The van der Waals surface area contributed by atoms with E-state index in [0.717, 1.165) is 6.07 Å². The summed E-state index contributed by atoms with van der Waals surface area (Å²) >= 11 is 5.71. The van der Waals surface area contributed by atoms with E-state index in [2.05, 4.69) is 20.6 Å². The van der Waals surface area contributed by atoms with Gasteiger partial charge >= 0.3 is 6.18 Å². The zero-order chi connectivity index (χ0) is 18.7. The van der Waals surface area contributed by atoms with Gasteiger partial charge in [-0.3, -0.25) is 0 Å². The molecule has 0 aliphatic rings. The summed E-state index contributed by atoms with van der Waals surface area (Å²) in [6.45, 7) is 0. The lowest BCUT2D eigenvalue weighted by atomic mass is 10.1. The van der Waals surface area contributed by atoms with Crippen molar-refractivity contribution in [2.24, 2.45) is 0 Å². The molecule has 0 aliphatic heterocycles. The molecule has 2 N–H and O–H groups in total. The van der Waals surface area contributed by atoms with Gasteiger partial charge in [0.15, 0.2) is 0 Å². The number of halogens is 5. The highest BCUT2D eigenvalue weighted by Gasteiger charge is 2.33. The summed E-state index contributed by atoms with van der Waals surface area (Å²) < 4.78 is 52.3. The molecule has 1 aromatic heterocycles. The van der Waals surface area contributed by atoms with Gasteiger partial charge in [-0.05, 0) is 36.4 Å². The first-order chi connectivity index (χ1) is 12.3. The molecule has 4 nitrogen and oxygen atoms in total. The van der Waals surface area contributed by atoms with Crippen LogP contribution in [0.15, 0.2) is 54.7 Å². The molecule has 2 aromatic carbocycles. The van der Waals surface area contributed by atoms with E-state index in [0.29, 0.717) is 11.5 Å². The molecule has 0 aliphatic carbocycles. The molecule has 0 fully saturated rings. The van der Waals surface area contributed by atoms with Crippen LogP contribution in [0.3, 0.4) is 0 Å². The molecular weight excluding hydrogens is 372 g/mol. The average Bonchev–Trinajstić information content (AvgIpc) is 2.58. The van der Waals surface area contributed by atoms with E-state index in [1.54, 1.807) is 0 Å². The number of benzene rings is 2. The second-order valence-corrected chi connectivity index (χ2v) is 5.59. The third-order valence-electron chi connectivity index (χ3n) is 3.33. The number of aromatic nitrogens is 2. The van der Waals surface area contributed by atoms with Crippen LogP contribution in [0.25, 0.3) is 0 Å². The Morgan fingerprint density at radius 3 is 2.46 bits per heavy atom. The predicted molar refractivity (Wildman–Crippen MR) is 91.5 cm³/mol. The maximum absolute atomic E-state index is 13.2. The maximum Gasteiger partial charge on any atom is 0.418 e. The fraction of sp³-hybridized carbons (Fsp3) is 0.0588. The third kappa shape index (κ3) is 4.20. The average molecular weight is 383 g/mol. The van der Waals surface area contributed by atoms with Gasteiger partial charge in [-0.2, -0.15) is 18.2 Å². The third-order valence-corrected chi connectivity index (χ3v) is 3.62. The minimum absolute atomic E-state index is 0.0279. The number of hydrogen-bond acceptors (Lipinski definition) is 4. The lowest BCUT2D eigenvalue weighted by Crippen LogP contribution is -2.09. The van der Waals surface area contributed by atoms with Crippen LogP contribution < -0.4 is 10.6 Å². The van der Waals surface area contributed by atoms with E-state index in [-0.39, 0.29) is 16.7 Å². The van der Waals surface area contributed by atoms with Crippen LogP contribution in [-0.4, -0.2) is 9.97 Å². The number of nitrogens with one attached hydrogen (secondary N) is 2. The summed E-state index contributed by atoms with van der Waals surface area (Å²) in [7, 11) is 0. The van der Waals surface area contributed by atoms with Crippen LogP contribution in [0.1, 0.15) is 5.56 Å². The van der Waals surface area contributed by atoms with Crippen LogP contribution >= 0.6 is 11.6 Å². The number of rotatable bonds is 4. The largest absolute Gasteiger partial charge is 0.418 e. The molecule has 0 saturated heterocycles. The first-order valence-corrected chi connectivity index (χ1v) is 7.69. The molecule has 3 rings (SSSR count). The van der Waals surface area contributed by atoms with Crippen molar-refractivity contribution in [3.8, 4) is 0 Å². The molecule has 0 atom stereocenters. The normalized spacial score (nSPS) is 11.3. The lowest BCUT2D eigenvalue weighted by molar-refractivity contribution is -0.136. The quantitative estimate of drug-likeness (QED) is 0.562. The van der Waals surface area contributed by atoms with Gasteiger partial charge in [-0.1, -0.05) is 23.7 Å². The molecule has 134 valence electrons. The standard InChI is InChI=1S/C17H11ClF4N4/c18-12-9-10(5-6-13(12)19)24-15-7-8-23-16(26-15)25-14-4-2-1-3-11(14)17(20,21)22/h1-9H,(H2,23,24,25,26). The first kappa shape index (κ1) is 17.9. The Labute approximate surface area is 150 Å². The number of nitrogens with zero attached hydrogens (tertiary/aromatic N) is 2. The van der Waals surface area contributed by atoms with Crippen molar-refractivity contribution in [3.63, 3.8) is 0 Å². The highest BCUT2D eigenvalue weighted by molar-refractivity contribution is 6.31. The van der Waals surface area contributed by atoms with E-state index >= 15 is 0 Å². The smallest absolute Gasteiger partial charge is 0.340 e. The van der Waals surface area contributed by atoms with Crippen LogP contribution in [-0.2, 0) is 6.18 Å². The number of anilines is 4. The van der Waals surface area contributed by atoms with Crippen molar-refractivity contribution < 1.29 is 17.6 Å². The Morgan fingerprint density at radius 1 is 0.962 bits per heavy atom. The minimum atomic E-state index is -4.51. The lowest BCUT2D eigenvalue weighted by Gasteiger charge is -2.14. The van der Waals surface area contributed by atoms with Crippen LogP contribution in [0.5, 0.6) is 0 Å². The molecular formula is C17H11ClF4N4. The summed E-state index contributed by atoms with van der Waals surface area (Å²) in [6, 6.07) is 10.5. The number of hydrogen-bond donors (Lipinski definition) is 2. The predicted octanol–water partition coefficient (Wildman–Crippen LogP) is 5.78. The molecule has 9 heteroatoms. The van der Waals surface area contributed by atoms with Crippen LogP contribution in [0.2, 0.25) is 5.02 Å². The van der Waals surface area contributed by atoms with E-state index in [1.165, 1.54) is 48.7 Å². The first-order valence-electron chi connectivity index (χ1n) is 7.31. The van der Waals surface area contributed by atoms with Gasteiger partial charge in [0.1, 0.15) is 11.6 Å². The highest BCUT2D eigenvalue weighted by Crippen LogP contribution is 2.35. The Bertz CT molecular complexity index is 931. The topological polar surface area (TPSA) is 49.8 Å². The Balaban J connectivity index is 1.83. The Hall–Kier alpha value is -2.87. The van der Waals surface area contributed by atoms with Gasteiger partial charge < -0.3 is 10.6 Å². The van der Waals surface area contributed by atoms with E-state index in [9.17, 15) is 17.6 Å². The second-order valence-electron chi connectivity index (χ2n) is 5.19. The zero-order valence-electron chi connectivity index (χ0n) is 13.0. The fourth-order valence-corrected chi connectivity index (χ4v) is 2.35. The Morgan fingerprint density at radius 2 is 1.73 bits per heavy atom. The summed E-state index contributed by atoms with van der Waals surface area (Å²) in [6.07, 6.45) is -3.14. The van der Waals surface area contributed by atoms with Gasteiger partial charge in [0.25, 0.3) is 0 Å². The van der Waals surface area contributed by atoms with Crippen molar-refractivity contribution in [2.45, 2.75) is 6.18 Å². The highest BCUT2D eigenvalue weighted by atomic mass is 35.5. The summed E-state index contributed by atoms with van der Waals surface area (Å²) in [5.41, 5.74) is -0.522. The van der Waals surface area contributed by atoms with Gasteiger partial charge in [-0.25, -0.2) is 9.37 Å². The molecule has 3 aromatic rings. The SMILES string of the molecule is Fc1ccc(Nc2ccnc(Nc3ccccc3C(F)(F)F)n2)cc1Cl. The van der Waals surface area contributed by atoms with E-state index in [1.807, 2.05) is 0 Å². The molecule has 0 radical (unpaired) electrons. The second kappa shape index (κ2) is 7.17. The molecule has 0 spiro atoms. The molecule has 0 unspecified atom stereocenters.